The van der Waals surface area contributed by atoms with Crippen LogP contribution in [0.1, 0.15) is 24.8 Å². The summed E-state index contributed by atoms with van der Waals surface area (Å²) in [6.07, 6.45) is 1.81. The molecule has 2 aromatic rings. The minimum absolute atomic E-state index is 0.342. The number of nitrogens with zero attached hydrogens (tertiary/aromatic N) is 1. The summed E-state index contributed by atoms with van der Waals surface area (Å²) in [4.78, 5) is 5.67. The van der Waals surface area contributed by atoms with Gasteiger partial charge in [-0.05, 0) is 29.5 Å². The second-order valence-electron chi connectivity index (χ2n) is 4.10. The van der Waals surface area contributed by atoms with E-state index in [0.29, 0.717) is 12.0 Å². The third kappa shape index (κ3) is 2.61. The molecule has 16 heavy (non-hydrogen) atoms. The smallest absolute Gasteiger partial charge is 0.126 e. The lowest BCUT2D eigenvalue weighted by atomic mass is 10.0. The molecule has 0 aliphatic carbocycles. The molecule has 1 atom stereocenters. The van der Waals surface area contributed by atoms with Crippen LogP contribution < -0.4 is 5.32 Å². The lowest BCUT2D eigenvalue weighted by molar-refractivity contribution is 0.552. The molecule has 2 heterocycles. The Bertz CT molecular complexity index is 409. The number of hydrogen-bond donors (Lipinski definition) is 1. The van der Waals surface area contributed by atoms with E-state index in [0.717, 1.165) is 5.82 Å². The molecule has 0 aliphatic heterocycles. The monoisotopic (exact) mass is 232 g/mol. The van der Waals surface area contributed by atoms with Gasteiger partial charge in [0.15, 0.2) is 0 Å². The molecule has 0 radical (unpaired) electrons. The lowest BCUT2D eigenvalue weighted by Gasteiger charge is -2.21. The maximum Gasteiger partial charge on any atom is 0.126 e. The van der Waals surface area contributed by atoms with Crippen molar-refractivity contribution in [3.63, 3.8) is 0 Å². The van der Waals surface area contributed by atoms with Crippen LogP contribution in [0.3, 0.4) is 0 Å². The van der Waals surface area contributed by atoms with Crippen LogP contribution in [-0.2, 0) is 0 Å². The van der Waals surface area contributed by atoms with Crippen LogP contribution in [0.5, 0.6) is 0 Å². The number of nitrogens with one attached hydrogen (secondary N) is 1. The Morgan fingerprint density at radius 3 is 2.62 bits per heavy atom. The Morgan fingerprint density at radius 2 is 2.06 bits per heavy atom. The van der Waals surface area contributed by atoms with Gasteiger partial charge in [0, 0.05) is 11.1 Å². The topological polar surface area (TPSA) is 24.9 Å². The number of rotatable bonds is 4. The summed E-state index contributed by atoms with van der Waals surface area (Å²) in [5.74, 6) is 1.48. The molecule has 0 saturated heterocycles. The van der Waals surface area contributed by atoms with Gasteiger partial charge in [0.2, 0.25) is 0 Å². The summed E-state index contributed by atoms with van der Waals surface area (Å²) < 4.78 is 0. The molecule has 2 nitrogen and oxygen atoms in total. The minimum atomic E-state index is 0.342. The van der Waals surface area contributed by atoms with Crippen molar-refractivity contribution in [1.29, 1.82) is 0 Å². The number of anilines is 1. The maximum absolute atomic E-state index is 4.30. The molecule has 1 N–H and O–H groups in total. The second-order valence-corrected chi connectivity index (χ2v) is 5.08. The van der Waals surface area contributed by atoms with E-state index >= 15 is 0 Å². The summed E-state index contributed by atoms with van der Waals surface area (Å²) in [7, 11) is 0. The summed E-state index contributed by atoms with van der Waals surface area (Å²) in [6.45, 7) is 4.45. The van der Waals surface area contributed by atoms with Gasteiger partial charge < -0.3 is 5.32 Å². The highest BCUT2D eigenvalue weighted by Crippen LogP contribution is 2.28. The van der Waals surface area contributed by atoms with Gasteiger partial charge in [0.05, 0.1) is 6.04 Å². The minimum Gasteiger partial charge on any atom is -0.362 e. The number of aromatic nitrogens is 1. The summed E-state index contributed by atoms with van der Waals surface area (Å²) in [5, 5.41) is 5.60. The highest BCUT2D eigenvalue weighted by molar-refractivity contribution is 7.10. The zero-order valence-corrected chi connectivity index (χ0v) is 10.4. The van der Waals surface area contributed by atoms with E-state index in [1.807, 2.05) is 24.4 Å². The van der Waals surface area contributed by atoms with Crippen LogP contribution in [0, 0.1) is 5.92 Å². The van der Waals surface area contributed by atoms with Gasteiger partial charge >= 0.3 is 0 Å². The molecule has 84 valence electrons. The van der Waals surface area contributed by atoms with Crippen molar-refractivity contribution in [2.45, 2.75) is 19.9 Å². The first kappa shape index (κ1) is 11.1. The predicted molar refractivity (Wildman–Crippen MR) is 69.8 cm³/mol. The quantitative estimate of drug-likeness (QED) is 0.863. The van der Waals surface area contributed by atoms with Crippen LogP contribution in [-0.4, -0.2) is 4.98 Å². The van der Waals surface area contributed by atoms with Gasteiger partial charge in [-0.3, -0.25) is 0 Å². The Hall–Kier alpha value is -1.35. The highest BCUT2D eigenvalue weighted by atomic mass is 32.1. The van der Waals surface area contributed by atoms with Crippen LogP contribution in [0.25, 0.3) is 0 Å². The van der Waals surface area contributed by atoms with E-state index in [4.69, 9.17) is 0 Å². The average Bonchev–Trinajstić information content (AvgIpc) is 2.80. The van der Waals surface area contributed by atoms with Crippen LogP contribution in [0.4, 0.5) is 5.82 Å². The third-order valence-corrected chi connectivity index (χ3v) is 3.44. The highest BCUT2D eigenvalue weighted by Gasteiger charge is 2.16. The molecule has 0 spiro atoms. The van der Waals surface area contributed by atoms with Crippen molar-refractivity contribution in [2.75, 3.05) is 5.32 Å². The first-order chi connectivity index (χ1) is 7.77. The average molecular weight is 232 g/mol. The Morgan fingerprint density at radius 1 is 1.19 bits per heavy atom. The van der Waals surface area contributed by atoms with E-state index in [1.165, 1.54) is 4.88 Å². The van der Waals surface area contributed by atoms with Crippen LogP contribution in [0.2, 0.25) is 0 Å². The zero-order valence-electron chi connectivity index (χ0n) is 9.55. The number of thiophene rings is 1. The van der Waals surface area contributed by atoms with Crippen LogP contribution in [0.15, 0.2) is 41.9 Å². The van der Waals surface area contributed by atoms with E-state index in [9.17, 15) is 0 Å². The normalized spacial score (nSPS) is 12.7. The fourth-order valence-corrected chi connectivity index (χ4v) is 2.59. The Balaban J connectivity index is 2.16. The molecule has 0 saturated carbocycles. The van der Waals surface area contributed by atoms with Gasteiger partial charge in [0.1, 0.15) is 5.82 Å². The molecule has 0 aliphatic rings. The first-order valence-electron chi connectivity index (χ1n) is 5.48. The molecule has 0 bridgehead atoms. The third-order valence-electron chi connectivity index (χ3n) is 2.48. The van der Waals surface area contributed by atoms with E-state index < -0.39 is 0 Å². The Labute approximate surface area is 100 Å². The molecular formula is C13H16N2S. The van der Waals surface area contributed by atoms with Crippen molar-refractivity contribution in [1.82, 2.24) is 4.98 Å². The summed E-state index contributed by atoms with van der Waals surface area (Å²) >= 11 is 1.79. The predicted octanol–water partition coefficient (Wildman–Crippen LogP) is 3.95. The largest absolute Gasteiger partial charge is 0.362 e. The van der Waals surface area contributed by atoms with Gasteiger partial charge in [-0.15, -0.1) is 11.3 Å². The zero-order chi connectivity index (χ0) is 11.4. The lowest BCUT2D eigenvalue weighted by Crippen LogP contribution is -2.16. The summed E-state index contributed by atoms with van der Waals surface area (Å²) in [5.41, 5.74) is 0. The molecular weight excluding hydrogens is 216 g/mol. The molecule has 2 aromatic heterocycles. The molecule has 0 aromatic carbocycles. The number of hydrogen-bond acceptors (Lipinski definition) is 3. The Kier molecular flexibility index (Phi) is 3.57. The van der Waals surface area contributed by atoms with Gasteiger partial charge in [0.25, 0.3) is 0 Å². The molecule has 0 amide bonds. The maximum atomic E-state index is 4.30. The van der Waals surface area contributed by atoms with Gasteiger partial charge in [-0.25, -0.2) is 4.98 Å². The van der Waals surface area contributed by atoms with Crippen molar-refractivity contribution < 1.29 is 0 Å². The van der Waals surface area contributed by atoms with Crippen molar-refractivity contribution in [2.24, 2.45) is 5.92 Å². The SMILES string of the molecule is CC(C)C(Nc1ccccn1)c1cccs1. The fraction of sp³-hybridized carbons (Fsp3) is 0.308. The number of pyridine rings is 1. The van der Waals surface area contributed by atoms with E-state index in [1.54, 1.807) is 11.3 Å². The molecule has 3 heteroatoms. The van der Waals surface area contributed by atoms with Crippen molar-refractivity contribution in [3.05, 3.63) is 46.8 Å². The second kappa shape index (κ2) is 5.12. The first-order valence-corrected chi connectivity index (χ1v) is 6.36. The molecule has 0 fully saturated rings. The van der Waals surface area contributed by atoms with Crippen LogP contribution >= 0.6 is 11.3 Å². The van der Waals surface area contributed by atoms with Crippen molar-refractivity contribution >= 4 is 17.2 Å². The fourth-order valence-electron chi connectivity index (χ4n) is 1.64. The van der Waals surface area contributed by atoms with Gasteiger partial charge in [-0.2, -0.15) is 0 Å². The van der Waals surface area contributed by atoms with Gasteiger partial charge in [-0.1, -0.05) is 26.0 Å². The van der Waals surface area contributed by atoms with E-state index in [-0.39, 0.29) is 0 Å². The molecule has 2 rings (SSSR count). The van der Waals surface area contributed by atoms with E-state index in [2.05, 4.69) is 41.7 Å². The van der Waals surface area contributed by atoms with Crippen molar-refractivity contribution in [3.8, 4) is 0 Å². The molecule has 1 unspecified atom stereocenters. The standard InChI is InChI=1S/C13H16N2S/c1-10(2)13(11-6-5-9-16-11)15-12-7-3-4-8-14-12/h3-10,13H,1-2H3,(H,14,15). The summed E-state index contributed by atoms with van der Waals surface area (Å²) in [6, 6.07) is 10.5.